The lowest BCUT2D eigenvalue weighted by Gasteiger charge is -2.28. The Labute approximate surface area is 361 Å². The van der Waals surface area contributed by atoms with Crippen LogP contribution in [0.3, 0.4) is 0 Å². The summed E-state index contributed by atoms with van der Waals surface area (Å²) in [5.41, 5.74) is 16.5. The number of furan rings is 2. The third-order valence-corrected chi connectivity index (χ3v) is 13.3. The molecule has 0 atom stereocenters. The molecule has 298 valence electrons. The number of rotatable bonds is 5. The predicted molar refractivity (Wildman–Crippen MR) is 258 cm³/mol. The minimum absolute atomic E-state index is 0.00996. The van der Waals surface area contributed by atoms with Gasteiger partial charge in [-0.1, -0.05) is 135 Å². The maximum Gasteiger partial charge on any atom is 0.200 e. The van der Waals surface area contributed by atoms with E-state index >= 15 is 0 Å². The Balaban J connectivity index is 0.914. The zero-order valence-electron chi connectivity index (χ0n) is 34.5. The van der Waals surface area contributed by atoms with E-state index in [0.717, 1.165) is 83.2 Å². The zero-order valence-corrected chi connectivity index (χ0v) is 34.5. The fourth-order valence-electron chi connectivity index (χ4n) is 10.1. The third kappa shape index (κ3) is 5.26. The summed E-state index contributed by atoms with van der Waals surface area (Å²) >= 11 is 0. The highest BCUT2D eigenvalue weighted by Gasteiger charge is 2.37. The molecule has 63 heavy (non-hydrogen) atoms. The molecule has 0 radical (unpaired) electrons. The van der Waals surface area contributed by atoms with E-state index in [1.807, 2.05) is 66.7 Å². The van der Waals surface area contributed by atoms with E-state index in [1.54, 1.807) is 0 Å². The van der Waals surface area contributed by atoms with Gasteiger partial charge >= 0.3 is 0 Å². The van der Waals surface area contributed by atoms with Gasteiger partial charge in [0, 0.05) is 32.6 Å². The Morgan fingerprint density at radius 3 is 1.52 bits per heavy atom. The summed E-state index contributed by atoms with van der Waals surface area (Å²) < 4.78 is 19.6. The molecule has 0 unspecified atom stereocenters. The minimum atomic E-state index is -0.262. The van der Waals surface area contributed by atoms with Crippen molar-refractivity contribution in [2.24, 2.45) is 0 Å². The quantitative estimate of drug-likeness (QED) is 0.162. The van der Waals surface area contributed by atoms with Gasteiger partial charge in [-0.3, -0.25) is 4.79 Å². The SMILES string of the molecule is CC1(C)c2ccc(-c3ccc(-c4ccc5c(=O)c6ccccc6oc5c4)cc3)cc2-c2ccc(N(c3cccc4c3oc3ccccc34)c3cccc4c3oc3ccccc34)cc21. The molecule has 0 bridgehead atoms. The largest absolute Gasteiger partial charge is 0.456 e. The average molecular weight is 812 g/mol. The molecule has 13 rings (SSSR count). The summed E-state index contributed by atoms with van der Waals surface area (Å²) in [7, 11) is 0. The monoisotopic (exact) mass is 811 g/mol. The molecule has 0 fully saturated rings. The van der Waals surface area contributed by atoms with Crippen LogP contribution in [0.15, 0.2) is 206 Å². The summed E-state index contributed by atoms with van der Waals surface area (Å²) in [5, 5.41) is 5.49. The van der Waals surface area contributed by atoms with Gasteiger partial charge in [-0.25, -0.2) is 0 Å². The van der Waals surface area contributed by atoms with Crippen LogP contribution in [0.25, 0.3) is 99.2 Å². The molecule has 3 aromatic heterocycles. The summed E-state index contributed by atoms with van der Waals surface area (Å²) in [5.74, 6) is 0. The van der Waals surface area contributed by atoms with Gasteiger partial charge in [0.1, 0.15) is 22.3 Å². The van der Waals surface area contributed by atoms with Gasteiger partial charge in [0.05, 0.1) is 22.1 Å². The van der Waals surface area contributed by atoms with Crippen LogP contribution in [0.1, 0.15) is 25.0 Å². The van der Waals surface area contributed by atoms with Crippen molar-refractivity contribution in [3.63, 3.8) is 0 Å². The Bertz CT molecular complexity index is 3810. The van der Waals surface area contributed by atoms with Crippen LogP contribution in [0.5, 0.6) is 0 Å². The second kappa shape index (κ2) is 13.2. The van der Waals surface area contributed by atoms with E-state index in [9.17, 15) is 4.79 Å². The minimum Gasteiger partial charge on any atom is -0.456 e. The van der Waals surface area contributed by atoms with Gasteiger partial charge < -0.3 is 18.2 Å². The first kappa shape index (κ1) is 35.6. The van der Waals surface area contributed by atoms with Crippen molar-refractivity contribution in [1.29, 1.82) is 0 Å². The summed E-state index contributed by atoms with van der Waals surface area (Å²) in [4.78, 5) is 15.5. The van der Waals surface area contributed by atoms with Crippen molar-refractivity contribution >= 4 is 82.9 Å². The van der Waals surface area contributed by atoms with Crippen LogP contribution in [0.4, 0.5) is 17.1 Å². The lowest BCUT2D eigenvalue weighted by molar-refractivity contribution is 0.659. The second-order valence-corrected chi connectivity index (χ2v) is 17.2. The van der Waals surface area contributed by atoms with Crippen molar-refractivity contribution in [2.75, 3.05) is 4.90 Å². The van der Waals surface area contributed by atoms with E-state index in [-0.39, 0.29) is 10.8 Å². The van der Waals surface area contributed by atoms with Crippen LogP contribution >= 0.6 is 0 Å². The van der Waals surface area contributed by atoms with E-state index in [1.165, 1.54) is 22.3 Å². The van der Waals surface area contributed by atoms with Crippen molar-refractivity contribution in [3.8, 4) is 33.4 Å². The molecule has 0 amide bonds. The summed E-state index contributed by atoms with van der Waals surface area (Å²) in [6.07, 6.45) is 0. The van der Waals surface area contributed by atoms with Crippen molar-refractivity contribution in [3.05, 3.63) is 209 Å². The Morgan fingerprint density at radius 1 is 0.381 bits per heavy atom. The zero-order chi connectivity index (χ0) is 42.0. The fraction of sp³-hybridized carbons (Fsp3) is 0.0517. The van der Waals surface area contributed by atoms with Crippen LogP contribution in [0, 0.1) is 0 Å². The van der Waals surface area contributed by atoms with Gasteiger partial charge in [-0.05, 0) is 111 Å². The van der Waals surface area contributed by atoms with Crippen LogP contribution in [-0.2, 0) is 5.41 Å². The molecule has 0 spiro atoms. The highest BCUT2D eigenvalue weighted by molar-refractivity contribution is 6.14. The number of nitrogens with zero attached hydrogens (tertiary/aromatic N) is 1. The number of fused-ring (bicyclic) bond motifs is 11. The molecule has 5 nitrogen and oxygen atoms in total. The molecule has 1 aliphatic rings. The van der Waals surface area contributed by atoms with Gasteiger partial charge in [0.15, 0.2) is 11.2 Å². The lowest BCUT2D eigenvalue weighted by atomic mass is 9.82. The van der Waals surface area contributed by atoms with Crippen LogP contribution in [-0.4, -0.2) is 0 Å². The lowest BCUT2D eigenvalue weighted by Crippen LogP contribution is -2.16. The topological polar surface area (TPSA) is 59.7 Å². The van der Waals surface area contributed by atoms with Crippen LogP contribution in [0.2, 0.25) is 0 Å². The highest BCUT2D eigenvalue weighted by Crippen LogP contribution is 2.53. The summed E-state index contributed by atoms with van der Waals surface area (Å²) in [6, 6.07) is 65.0. The number of benzene rings is 9. The molecule has 0 saturated heterocycles. The van der Waals surface area contributed by atoms with Crippen molar-refractivity contribution < 1.29 is 13.3 Å². The van der Waals surface area contributed by atoms with E-state index in [4.69, 9.17) is 13.3 Å². The Morgan fingerprint density at radius 2 is 0.889 bits per heavy atom. The smallest absolute Gasteiger partial charge is 0.200 e. The molecule has 0 N–H and O–H groups in total. The number of hydrogen-bond donors (Lipinski definition) is 0. The number of hydrogen-bond acceptors (Lipinski definition) is 5. The maximum absolute atomic E-state index is 13.2. The number of para-hydroxylation sites is 5. The van der Waals surface area contributed by atoms with Crippen LogP contribution < -0.4 is 10.3 Å². The van der Waals surface area contributed by atoms with Gasteiger partial charge in [-0.2, -0.15) is 0 Å². The first-order chi connectivity index (χ1) is 30.9. The number of anilines is 3. The summed E-state index contributed by atoms with van der Waals surface area (Å²) in [6.45, 7) is 4.66. The van der Waals surface area contributed by atoms with E-state index < -0.39 is 0 Å². The van der Waals surface area contributed by atoms with E-state index in [0.29, 0.717) is 21.9 Å². The van der Waals surface area contributed by atoms with Crippen molar-refractivity contribution in [1.82, 2.24) is 0 Å². The Kier molecular flexibility index (Phi) is 7.44. The van der Waals surface area contributed by atoms with Gasteiger partial charge in [-0.15, -0.1) is 0 Å². The molecule has 3 heterocycles. The molecule has 0 aliphatic heterocycles. The molecule has 9 aromatic carbocycles. The predicted octanol–water partition coefficient (Wildman–Crippen LogP) is 15.9. The Hall–Kier alpha value is -8.15. The second-order valence-electron chi connectivity index (χ2n) is 17.2. The fourth-order valence-corrected chi connectivity index (χ4v) is 10.1. The first-order valence-electron chi connectivity index (χ1n) is 21.4. The molecule has 12 aromatic rings. The van der Waals surface area contributed by atoms with E-state index in [2.05, 4.69) is 140 Å². The third-order valence-electron chi connectivity index (χ3n) is 13.3. The van der Waals surface area contributed by atoms with Gasteiger partial charge in [0.25, 0.3) is 0 Å². The standard InChI is InChI=1S/C58H37NO4/c1-58(2)47-30-26-36(34-21-23-35(24-22-34)37-25-28-45-54(32-37)61-53-20-8-5-13-44(53)55(45)60)31-46(47)39-29-27-38(33-48(39)58)59(49-16-9-14-42-40-11-3-6-18-51(40)62-56(42)49)50-17-10-15-43-41-12-4-7-19-52(41)63-57(43)50/h3-33H,1-2H3. The highest BCUT2D eigenvalue weighted by atomic mass is 16.3. The molecular formula is C58H37NO4. The molecular weight excluding hydrogens is 775 g/mol. The average Bonchev–Trinajstić information content (AvgIpc) is 3.97. The maximum atomic E-state index is 13.2. The molecule has 1 aliphatic carbocycles. The molecule has 5 heteroatoms. The molecule has 0 saturated carbocycles. The normalized spacial score (nSPS) is 13.1. The van der Waals surface area contributed by atoms with Crippen molar-refractivity contribution in [2.45, 2.75) is 19.3 Å². The van der Waals surface area contributed by atoms with Gasteiger partial charge in [0.2, 0.25) is 5.43 Å². The first-order valence-corrected chi connectivity index (χ1v) is 21.4.